The second-order valence-corrected chi connectivity index (χ2v) is 4.51. The maximum atomic E-state index is 5.52. The van der Waals surface area contributed by atoms with Gasteiger partial charge in [0.25, 0.3) is 0 Å². The van der Waals surface area contributed by atoms with Gasteiger partial charge in [0.05, 0.1) is 12.2 Å². The number of aliphatic imine (C=N–C) groups is 1. The number of guanidine groups is 1. The fourth-order valence-electron chi connectivity index (χ4n) is 1.78. The van der Waals surface area contributed by atoms with Crippen LogP contribution in [0.4, 0.5) is 0 Å². The number of hydrogen-bond acceptors (Lipinski definition) is 3. The molecule has 0 spiro atoms. The van der Waals surface area contributed by atoms with E-state index < -0.39 is 0 Å². The first-order valence-corrected chi connectivity index (χ1v) is 6.60. The van der Waals surface area contributed by atoms with Crippen molar-refractivity contribution in [3.05, 3.63) is 53.2 Å². The van der Waals surface area contributed by atoms with Crippen molar-refractivity contribution in [2.75, 3.05) is 7.05 Å². The highest BCUT2D eigenvalue weighted by molar-refractivity contribution is 5.79. The van der Waals surface area contributed by atoms with Crippen LogP contribution in [0.25, 0.3) is 0 Å². The molecule has 0 aliphatic heterocycles. The molecule has 1 heterocycles. The van der Waals surface area contributed by atoms with Crippen molar-refractivity contribution >= 4 is 5.96 Å². The minimum Gasteiger partial charge on any atom is -0.444 e. The van der Waals surface area contributed by atoms with E-state index in [0.29, 0.717) is 12.4 Å². The zero-order chi connectivity index (χ0) is 14.4. The summed E-state index contributed by atoms with van der Waals surface area (Å²) in [5.74, 6) is 2.25. The van der Waals surface area contributed by atoms with Crippen LogP contribution in [0.15, 0.2) is 39.7 Å². The first kappa shape index (κ1) is 14.1. The average molecular weight is 272 g/mol. The van der Waals surface area contributed by atoms with E-state index in [0.717, 1.165) is 24.0 Å². The molecule has 0 aliphatic carbocycles. The molecule has 106 valence electrons. The summed E-state index contributed by atoms with van der Waals surface area (Å²) < 4.78 is 5.52. The molecular weight excluding hydrogens is 252 g/mol. The Labute approximate surface area is 119 Å². The molecule has 2 N–H and O–H groups in total. The van der Waals surface area contributed by atoms with Crippen molar-refractivity contribution < 1.29 is 4.42 Å². The number of aryl methyl sites for hydroxylation is 2. The minimum absolute atomic E-state index is 0.517. The summed E-state index contributed by atoms with van der Waals surface area (Å²) in [5, 5.41) is 6.43. The molecule has 0 fully saturated rings. The van der Waals surface area contributed by atoms with Gasteiger partial charge in [-0.1, -0.05) is 30.3 Å². The van der Waals surface area contributed by atoms with Gasteiger partial charge in [-0.05, 0) is 19.4 Å². The number of oxazole rings is 1. The molecule has 0 radical (unpaired) electrons. The number of rotatable bonds is 4. The summed E-state index contributed by atoms with van der Waals surface area (Å²) >= 11 is 0. The number of nitrogens with zero attached hydrogens (tertiary/aromatic N) is 2. The predicted molar refractivity (Wildman–Crippen MR) is 79.5 cm³/mol. The van der Waals surface area contributed by atoms with Crippen molar-refractivity contribution in [3.8, 4) is 0 Å². The first-order chi connectivity index (χ1) is 9.69. The van der Waals surface area contributed by atoms with Gasteiger partial charge in [-0.3, -0.25) is 4.99 Å². The summed E-state index contributed by atoms with van der Waals surface area (Å²) in [6.07, 6.45) is 0. The van der Waals surface area contributed by atoms with Crippen LogP contribution in [-0.4, -0.2) is 18.0 Å². The molecule has 20 heavy (non-hydrogen) atoms. The van der Waals surface area contributed by atoms with E-state index in [1.54, 1.807) is 7.05 Å². The third-order valence-electron chi connectivity index (χ3n) is 3.01. The standard InChI is InChI=1S/C15H20N4O/c1-11-12(2)20-14(19-11)10-18-15(16-3)17-9-13-7-5-4-6-8-13/h4-8H,9-10H2,1-3H3,(H2,16,17,18). The Bertz CT molecular complexity index is 555. The third kappa shape index (κ3) is 3.85. The molecule has 0 amide bonds. The fourth-order valence-corrected chi connectivity index (χ4v) is 1.78. The molecule has 0 unspecified atom stereocenters. The fraction of sp³-hybridized carbons (Fsp3) is 0.333. The molecule has 2 rings (SSSR count). The Kier molecular flexibility index (Phi) is 4.76. The maximum Gasteiger partial charge on any atom is 0.214 e. The quantitative estimate of drug-likeness (QED) is 0.661. The lowest BCUT2D eigenvalue weighted by Gasteiger charge is -2.10. The second-order valence-electron chi connectivity index (χ2n) is 4.51. The van der Waals surface area contributed by atoms with Gasteiger partial charge in [0, 0.05) is 13.6 Å². The molecule has 0 bridgehead atoms. The second kappa shape index (κ2) is 6.75. The zero-order valence-corrected chi connectivity index (χ0v) is 12.1. The van der Waals surface area contributed by atoms with E-state index in [1.165, 1.54) is 5.56 Å². The van der Waals surface area contributed by atoms with Crippen LogP contribution in [0.2, 0.25) is 0 Å². The van der Waals surface area contributed by atoms with E-state index in [-0.39, 0.29) is 0 Å². The van der Waals surface area contributed by atoms with Crippen LogP contribution in [0, 0.1) is 13.8 Å². The number of nitrogens with one attached hydrogen (secondary N) is 2. The number of aromatic nitrogens is 1. The molecule has 0 aliphatic rings. The Morgan fingerprint density at radius 3 is 2.45 bits per heavy atom. The van der Waals surface area contributed by atoms with Crippen molar-refractivity contribution in [1.29, 1.82) is 0 Å². The number of benzene rings is 1. The van der Waals surface area contributed by atoms with E-state index in [2.05, 4.69) is 32.7 Å². The van der Waals surface area contributed by atoms with Gasteiger partial charge in [0.1, 0.15) is 5.76 Å². The highest BCUT2D eigenvalue weighted by Gasteiger charge is 2.06. The van der Waals surface area contributed by atoms with Gasteiger partial charge in [-0.25, -0.2) is 4.98 Å². The lowest BCUT2D eigenvalue weighted by atomic mass is 10.2. The Balaban J connectivity index is 1.84. The molecule has 0 saturated carbocycles. The molecule has 1 aromatic heterocycles. The minimum atomic E-state index is 0.517. The van der Waals surface area contributed by atoms with Gasteiger partial charge < -0.3 is 15.1 Å². The smallest absolute Gasteiger partial charge is 0.214 e. The van der Waals surface area contributed by atoms with E-state index in [1.807, 2.05) is 32.0 Å². The van der Waals surface area contributed by atoms with Crippen LogP contribution in [-0.2, 0) is 13.1 Å². The largest absolute Gasteiger partial charge is 0.444 e. The summed E-state index contributed by atoms with van der Waals surface area (Å²) in [4.78, 5) is 8.50. The topological polar surface area (TPSA) is 62.5 Å². The van der Waals surface area contributed by atoms with Crippen LogP contribution >= 0.6 is 0 Å². The molecule has 5 nitrogen and oxygen atoms in total. The summed E-state index contributed by atoms with van der Waals surface area (Å²) in [6.45, 7) is 5.09. The molecule has 2 aromatic rings. The SMILES string of the molecule is CN=C(NCc1ccccc1)NCc1nc(C)c(C)o1. The van der Waals surface area contributed by atoms with Crippen LogP contribution in [0.1, 0.15) is 22.9 Å². The summed E-state index contributed by atoms with van der Waals surface area (Å²) in [6, 6.07) is 10.2. The van der Waals surface area contributed by atoms with Crippen molar-refractivity contribution in [2.45, 2.75) is 26.9 Å². The molecule has 0 saturated heterocycles. The Hall–Kier alpha value is -2.30. The molecule has 1 aromatic carbocycles. The van der Waals surface area contributed by atoms with Crippen LogP contribution in [0.5, 0.6) is 0 Å². The molecule has 0 atom stereocenters. The zero-order valence-electron chi connectivity index (χ0n) is 12.1. The van der Waals surface area contributed by atoms with Crippen LogP contribution in [0.3, 0.4) is 0 Å². The third-order valence-corrected chi connectivity index (χ3v) is 3.01. The lowest BCUT2D eigenvalue weighted by molar-refractivity contribution is 0.463. The van der Waals surface area contributed by atoms with Crippen LogP contribution < -0.4 is 10.6 Å². The summed E-state index contributed by atoms with van der Waals surface area (Å²) in [5.41, 5.74) is 2.13. The number of hydrogen-bond donors (Lipinski definition) is 2. The van der Waals surface area contributed by atoms with Gasteiger partial charge in [-0.15, -0.1) is 0 Å². The molecule has 5 heteroatoms. The molecular formula is C15H20N4O. The predicted octanol–water partition coefficient (Wildman–Crippen LogP) is 2.16. The van der Waals surface area contributed by atoms with Crippen molar-refractivity contribution in [2.24, 2.45) is 4.99 Å². The Morgan fingerprint density at radius 1 is 1.15 bits per heavy atom. The monoisotopic (exact) mass is 272 g/mol. The van der Waals surface area contributed by atoms with E-state index in [4.69, 9.17) is 4.42 Å². The van der Waals surface area contributed by atoms with Crippen molar-refractivity contribution in [3.63, 3.8) is 0 Å². The first-order valence-electron chi connectivity index (χ1n) is 6.60. The van der Waals surface area contributed by atoms with Gasteiger partial charge >= 0.3 is 0 Å². The average Bonchev–Trinajstić information content (AvgIpc) is 2.79. The maximum absolute atomic E-state index is 5.52. The lowest BCUT2D eigenvalue weighted by Crippen LogP contribution is -2.36. The van der Waals surface area contributed by atoms with E-state index in [9.17, 15) is 0 Å². The summed E-state index contributed by atoms with van der Waals surface area (Å²) in [7, 11) is 1.74. The van der Waals surface area contributed by atoms with Gasteiger partial charge in [-0.2, -0.15) is 0 Å². The highest BCUT2D eigenvalue weighted by atomic mass is 16.4. The normalized spacial score (nSPS) is 11.4. The highest BCUT2D eigenvalue weighted by Crippen LogP contribution is 2.07. The van der Waals surface area contributed by atoms with Gasteiger partial charge in [0.15, 0.2) is 5.96 Å². The Morgan fingerprint density at radius 2 is 1.85 bits per heavy atom. The van der Waals surface area contributed by atoms with Gasteiger partial charge in [0.2, 0.25) is 5.89 Å². The van der Waals surface area contributed by atoms with Crippen molar-refractivity contribution in [1.82, 2.24) is 15.6 Å². The van der Waals surface area contributed by atoms with E-state index >= 15 is 0 Å².